The third-order valence-electron chi connectivity index (χ3n) is 4.61. The summed E-state index contributed by atoms with van der Waals surface area (Å²) < 4.78 is 0. The normalized spacial score (nSPS) is 24.0. The first-order valence-electron chi connectivity index (χ1n) is 8.49. The molecule has 5 nitrogen and oxygen atoms in total. The highest BCUT2D eigenvalue weighted by atomic mass is 16.3. The summed E-state index contributed by atoms with van der Waals surface area (Å²) in [5, 5.41) is 15.7. The molecular formula is C18H24N2O3. The number of amides is 2. The van der Waals surface area contributed by atoms with Crippen molar-refractivity contribution < 1.29 is 14.7 Å². The van der Waals surface area contributed by atoms with E-state index in [0.29, 0.717) is 6.42 Å². The van der Waals surface area contributed by atoms with Gasteiger partial charge in [-0.3, -0.25) is 9.59 Å². The van der Waals surface area contributed by atoms with E-state index >= 15 is 0 Å². The first-order chi connectivity index (χ1) is 11.1. The topological polar surface area (TPSA) is 78.4 Å². The van der Waals surface area contributed by atoms with Gasteiger partial charge in [0.05, 0.1) is 18.6 Å². The summed E-state index contributed by atoms with van der Waals surface area (Å²) in [6, 6.07) is 7.27. The maximum Gasteiger partial charge on any atom is 0.227 e. The zero-order valence-electron chi connectivity index (χ0n) is 13.3. The van der Waals surface area contributed by atoms with Crippen LogP contribution in [0.1, 0.15) is 44.1 Å². The molecular weight excluding hydrogens is 292 g/mol. The monoisotopic (exact) mass is 316 g/mol. The lowest BCUT2D eigenvalue weighted by molar-refractivity contribution is -0.122. The molecule has 2 aliphatic rings. The summed E-state index contributed by atoms with van der Waals surface area (Å²) in [6.45, 7) is 0. The number of nitrogens with one attached hydrogen (secondary N) is 2. The van der Waals surface area contributed by atoms with Crippen molar-refractivity contribution in [1.29, 1.82) is 0 Å². The SMILES string of the molecule is O=C(Cc1ccc(NC(=O)C2CC2)cc1)NC1CCCCC1O. The third-order valence-corrected chi connectivity index (χ3v) is 4.61. The van der Waals surface area contributed by atoms with E-state index in [1.54, 1.807) is 0 Å². The van der Waals surface area contributed by atoms with Crippen LogP contribution >= 0.6 is 0 Å². The Morgan fingerprint density at radius 1 is 1.04 bits per heavy atom. The molecule has 0 aromatic heterocycles. The number of rotatable bonds is 5. The van der Waals surface area contributed by atoms with E-state index in [1.165, 1.54) is 0 Å². The molecule has 2 fully saturated rings. The Bertz CT molecular complexity index is 566. The molecule has 3 N–H and O–H groups in total. The van der Waals surface area contributed by atoms with E-state index in [4.69, 9.17) is 0 Å². The summed E-state index contributed by atoms with van der Waals surface area (Å²) in [6.07, 6.45) is 5.53. The summed E-state index contributed by atoms with van der Waals surface area (Å²) in [5.74, 6) is 0.204. The highest BCUT2D eigenvalue weighted by Crippen LogP contribution is 2.30. The molecule has 3 rings (SSSR count). The van der Waals surface area contributed by atoms with Gasteiger partial charge >= 0.3 is 0 Å². The molecule has 23 heavy (non-hydrogen) atoms. The number of aliphatic hydroxyl groups is 1. The average Bonchev–Trinajstić information content (AvgIpc) is 3.36. The van der Waals surface area contributed by atoms with Crippen LogP contribution in [0, 0.1) is 5.92 Å². The van der Waals surface area contributed by atoms with Gasteiger partial charge in [0.2, 0.25) is 11.8 Å². The molecule has 1 aromatic carbocycles. The fraction of sp³-hybridized carbons (Fsp3) is 0.556. The quantitative estimate of drug-likeness (QED) is 0.777. The number of carbonyl (C=O) groups is 2. The minimum atomic E-state index is -0.423. The highest BCUT2D eigenvalue weighted by molar-refractivity contribution is 5.94. The molecule has 2 unspecified atom stereocenters. The minimum absolute atomic E-state index is 0.0642. The first kappa shape index (κ1) is 16.0. The number of aliphatic hydroxyl groups excluding tert-OH is 1. The van der Waals surface area contributed by atoms with Crippen LogP contribution in [0.25, 0.3) is 0 Å². The molecule has 1 aromatic rings. The van der Waals surface area contributed by atoms with Gasteiger partial charge in [-0.25, -0.2) is 0 Å². The van der Waals surface area contributed by atoms with Gasteiger partial charge in [0.25, 0.3) is 0 Å². The molecule has 2 saturated carbocycles. The number of anilines is 1. The molecule has 2 amide bonds. The Morgan fingerprint density at radius 3 is 2.39 bits per heavy atom. The molecule has 0 saturated heterocycles. The number of hydrogen-bond donors (Lipinski definition) is 3. The molecule has 0 spiro atoms. The van der Waals surface area contributed by atoms with Gasteiger partial charge in [-0.05, 0) is 43.4 Å². The Labute approximate surface area is 136 Å². The zero-order valence-corrected chi connectivity index (χ0v) is 13.3. The maximum atomic E-state index is 12.1. The van der Waals surface area contributed by atoms with E-state index in [0.717, 1.165) is 49.8 Å². The van der Waals surface area contributed by atoms with Crippen molar-refractivity contribution in [2.45, 2.75) is 57.1 Å². The molecule has 0 aliphatic heterocycles. The zero-order chi connectivity index (χ0) is 16.2. The predicted octanol–water partition coefficient (Wildman–Crippen LogP) is 2.00. The predicted molar refractivity (Wildman–Crippen MR) is 87.9 cm³/mol. The highest BCUT2D eigenvalue weighted by Gasteiger charge is 2.29. The molecule has 0 bridgehead atoms. The summed E-state index contributed by atoms with van der Waals surface area (Å²) >= 11 is 0. The van der Waals surface area contributed by atoms with Crippen LogP contribution in [0.15, 0.2) is 24.3 Å². The summed E-state index contributed by atoms with van der Waals surface area (Å²) in [5.41, 5.74) is 1.67. The average molecular weight is 316 g/mol. The van der Waals surface area contributed by atoms with Crippen molar-refractivity contribution in [2.24, 2.45) is 5.92 Å². The van der Waals surface area contributed by atoms with E-state index in [9.17, 15) is 14.7 Å². The second-order valence-electron chi connectivity index (χ2n) is 6.66. The number of benzene rings is 1. The van der Waals surface area contributed by atoms with Gasteiger partial charge in [0.15, 0.2) is 0 Å². The molecule has 124 valence electrons. The number of hydrogen-bond acceptors (Lipinski definition) is 3. The van der Waals surface area contributed by atoms with Crippen LogP contribution in [0.3, 0.4) is 0 Å². The Morgan fingerprint density at radius 2 is 1.74 bits per heavy atom. The smallest absolute Gasteiger partial charge is 0.227 e. The molecule has 0 heterocycles. The van der Waals surface area contributed by atoms with E-state index in [1.807, 2.05) is 24.3 Å². The van der Waals surface area contributed by atoms with Crippen molar-refractivity contribution in [3.8, 4) is 0 Å². The lowest BCUT2D eigenvalue weighted by Crippen LogP contribution is -2.45. The second kappa shape index (κ2) is 7.13. The van der Waals surface area contributed by atoms with Gasteiger partial charge in [0.1, 0.15) is 0 Å². The van der Waals surface area contributed by atoms with Crippen molar-refractivity contribution >= 4 is 17.5 Å². The largest absolute Gasteiger partial charge is 0.391 e. The molecule has 2 aliphatic carbocycles. The third kappa shape index (κ3) is 4.55. The van der Waals surface area contributed by atoms with Crippen LogP contribution in [0.2, 0.25) is 0 Å². The summed E-state index contributed by atoms with van der Waals surface area (Å²) in [7, 11) is 0. The van der Waals surface area contributed by atoms with Crippen molar-refractivity contribution in [2.75, 3.05) is 5.32 Å². The maximum absolute atomic E-state index is 12.1. The van der Waals surface area contributed by atoms with Gasteiger partial charge < -0.3 is 15.7 Å². The van der Waals surface area contributed by atoms with E-state index in [2.05, 4.69) is 10.6 Å². The van der Waals surface area contributed by atoms with Gasteiger partial charge in [-0.15, -0.1) is 0 Å². The van der Waals surface area contributed by atoms with Crippen LogP contribution in [-0.2, 0) is 16.0 Å². The van der Waals surface area contributed by atoms with E-state index < -0.39 is 6.10 Å². The van der Waals surface area contributed by atoms with Crippen LogP contribution < -0.4 is 10.6 Å². The first-order valence-corrected chi connectivity index (χ1v) is 8.49. The Balaban J connectivity index is 1.49. The molecule has 0 radical (unpaired) electrons. The van der Waals surface area contributed by atoms with Crippen molar-refractivity contribution in [3.63, 3.8) is 0 Å². The van der Waals surface area contributed by atoms with Gasteiger partial charge in [-0.2, -0.15) is 0 Å². The fourth-order valence-electron chi connectivity index (χ4n) is 3.02. The Hall–Kier alpha value is -1.88. The van der Waals surface area contributed by atoms with Crippen LogP contribution in [0.5, 0.6) is 0 Å². The van der Waals surface area contributed by atoms with Crippen LogP contribution in [0.4, 0.5) is 5.69 Å². The standard InChI is InChI=1S/C18H24N2O3/c21-16-4-2-1-3-15(16)20-17(22)11-12-5-9-14(10-6-12)19-18(23)13-7-8-13/h5-6,9-10,13,15-16,21H,1-4,7-8,11H2,(H,19,23)(H,20,22). The van der Waals surface area contributed by atoms with Gasteiger partial charge in [-0.1, -0.05) is 25.0 Å². The molecule has 2 atom stereocenters. The van der Waals surface area contributed by atoms with Crippen molar-refractivity contribution in [1.82, 2.24) is 5.32 Å². The van der Waals surface area contributed by atoms with Crippen LogP contribution in [-0.4, -0.2) is 29.1 Å². The lowest BCUT2D eigenvalue weighted by Gasteiger charge is -2.28. The minimum Gasteiger partial charge on any atom is -0.391 e. The second-order valence-corrected chi connectivity index (χ2v) is 6.66. The number of carbonyl (C=O) groups excluding carboxylic acids is 2. The molecule has 5 heteroatoms. The van der Waals surface area contributed by atoms with Crippen molar-refractivity contribution in [3.05, 3.63) is 29.8 Å². The summed E-state index contributed by atoms with van der Waals surface area (Å²) in [4.78, 5) is 23.8. The lowest BCUT2D eigenvalue weighted by atomic mass is 9.92. The fourth-order valence-corrected chi connectivity index (χ4v) is 3.02. The van der Waals surface area contributed by atoms with Gasteiger partial charge in [0, 0.05) is 11.6 Å². The Kier molecular flexibility index (Phi) is 4.96. The van der Waals surface area contributed by atoms with E-state index in [-0.39, 0.29) is 23.8 Å².